The quantitative estimate of drug-likeness (QED) is 0.577. The van der Waals surface area contributed by atoms with Gasteiger partial charge in [0.2, 0.25) is 0 Å². The largest absolute Gasteiger partial charge is 0.367 e. The van der Waals surface area contributed by atoms with Gasteiger partial charge in [-0.25, -0.2) is 4.39 Å². The number of Topliss-reactive ketones (excluding diaryl/α,β-unsaturated/α-hetero) is 1. The van der Waals surface area contributed by atoms with Gasteiger partial charge in [-0.3, -0.25) is 4.79 Å². The fourth-order valence-electron chi connectivity index (χ4n) is 2.18. The third kappa shape index (κ3) is 2.54. The fourth-order valence-corrected chi connectivity index (χ4v) is 2.18. The first kappa shape index (κ1) is 11.8. The van der Waals surface area contributed by atoms with Crippen molar-refractivity contribution in [2.24, 2.45) is 0 Å². The molecule has 90 valence electrons. The van der Waals surface area contributed by atoms with Gasteiger partial charge in [-0.15, -0.1) is 0 Å². The van der Waals surface area contributed by atoms with Gasteiger partial charge >= 0.3 is 0 Å². The van der Waals surface area contributed by atoms with Crippen LogP contribution in [-0.4, -0.2) is 18.9 Å². The smallest absolute Gasteiger partial charge is 0.161 e. The molecule has 0 unspecified atom stereocenters. The molecule has 0 bridgehead atoms. The van der Waals surface area contributed by atoms with Crippen molar-refractivity contribution in [1.82, 2.24) is 0 Å². The number of anilines is 1. The molecule has 0 saturated carbocycles. The van der Waals surface area contributed by atoms with Crippen LogP contribution in [0.25, 0.3) is 0 Å². The number of carbonyl (C=O) groups is 1. The van der Waals surface area contributed by atoms with Crippen molar-refractivity contribution in [1.29, 1.82) is 0 Å². The second kappa shape index (κ2) is 4.70. The maximum Gasteiger partial charge on any atom is 0.161 e. The SMILES string of the molecule is CC(=O)c1cc(F)ccc1N1CCC=C(C)C1. The highest BCUT2D eigenvalue weighted by Crippen LogP contribution is 2.25. The van der Waals surface area contributed by atoms with E-state index in [1.54, 1.807) is 6.07 Å². The van der Waals surface area contributed by atoms with Crippen LogP contribution < -0.4 is 4.90 Å². The molecule has 0 amide bonds. The monoisotopic (exact) mass is 233 g/mol. The average Bonchev–Trinajstić information content (AvgIpc) is 2.28. The van der Waals surface area contributed by atoms with Gasteiger partial charge in [-0.1, -0.05) is 11.6 Å². The number of rotatable bonds is 2. The van der Waals surface area contributed by atoms with Gasteiger partial charge in [0.25, 0.3) is 0 Å². The molecule has 1 aliphatic heterocycles. The zero-order valence-corrected chi connectivity index (χ0v) is 10.2. The van der Waals surface area contributed by atoms with E-state index in [0.29, 0.717) is 5.56 Å². The lowest BCUT2D eigenvalue weighted by molar-refractivity contribution is 0.101. The van der Waals surface area contributed by atoms with Crippen molar-refractivity contribution >= 4 is 11.5 Å². The van der Waals surface area contributed by atoms with E-state index < -0.39 is 0 Å². The summed E-state index contributed by atoms with van der Waals surface area (Å²) in [7, 11) is 0. The lowest BCUT2D eigenvalue weighted by Crippen LogP contribution is -2.30. The lowest BCUT2D eigenvalue weighted by Gasteiger charge is -2.29. The van der Waals surface area contributed by atoms with E-state index in [-0.39, 0.29) is 11.6 Å². The Hall–Kier alpha value is -1.64. The maximum atomic E-state index is 13.2. The molecule has 0 radical (unpaired) electrons. The molecule has 0 N–H and O–H groups in total. The van der Waals surface area contributed by atoms with Gasteiger partial charge in [-0.05, 0) is 38.5 Å². The summed E-state index contributed by atoms with van der Waals surface area (Å²) in [6.45, 7) is 5.24. The topological polar surface area (TPSA) is 20.3 Å². The molecule has 0 fully saturated rings. The van der Waals surface area contributed by atoms with Gasteiger partial charge in [0.05, 0.1) is 0 Å². The first-order chi connectivity index (χ1) is 8.08. The van der Waals surface area contributed by atoms with E-state index in [4.69, 9.17) is 0 Å². The van der Waals surface area contributed by atoms with E-state index in [9.17, 15) is 9.18 Å². The second-order valence-electron chi connectivity index (χ2n) is 4.48. The second-order valence-corrected chi connectivity index (χ2v) is 4.48. The molecule has 3 heteroatoms. The van der Waals surface area contributed by atoms with Crippen LogP contribution >= 0.6 is 0 Å². The fraction of sp³-hybridized carbons (Fsp3) is 0.357. The molecule has 0 saturated heterocycles. The Labute approximate surface area is 101 Å². The highest BCUT2D eigenvalue weighted by Gasteiger charge is 2.16. The molecule has 1 heterocycles. The summed E-state index contributed by atoms with van der Waals surface area (Å²) in [6.07, 6.45) is 3.17. The van der Waals surface area contributed by atoms with Crippen LogP contribution in [0.15, 0.2) is 29.8 Å². The number of halogens is 1. The molecule has 1 aromatic rings. The Morgan fingerprint density at radius 1 is 1.41 bits per heavy atom. The zero-order chi connectivity index (χ0) is 12.4. The molecule has 2 rings (SSSR count). The molecular weight excluding hydrogens is 217 g/mol. The molecule has 1 aliphatic rings. The summed E-state index contributed by atoms with van der Waals surface area (Å²) in [5.41, 5.74) is 2.60. The Morgan fingerprint density at radius 3 is 2.82 bits per heavy atom. The van der Waals surface area contributed by atoms with Crippen molar-refractivity contribution < 1.29 is 9.18 Å². The molecule has 1 aromatic carbocycles. The van der Waals surface area contributed by atoms with Crippen LogP contribution in [0.4, 0.5) is 10.1 Å². The van der Waals surface area contributed by atoms with E-state index in [0.717, 1.165) is 25.2 Å². The summed E-state index contributed by atoms with van der Waals surface area (Å²) in [5.74, 6) is -0.449. The zero-order valence-electron chi connectivity index (χ0n) is 10.2. The van der Waals surface area contributed by atoms with E-state index in [2.05, 4.69) is 17.9 Å². The molecular formula is C14H16FNO. The normalized spacial score (nSPS) is 15.7. The van der Waals surface area contributed by atoms with Gasteiger partial charge in [0.15, 0.2) is 5.78 Å². The van der Waals surface area contributed by atoms with Crippen LogP contribution in [0, 0.1) is 5.82 Å². The van der Waals surface area contributed by atoms with Gasteiger partial charge < -0.3 is 4.90 Å². The summed E-state index contributed by atoms with van der Waals surface area (Å²) >= 11 is 0. The number of hydrogen-bond acceptors (Lipinski definition) is 2. The summed E-state index contributed by atoms with van der Waals surface area (Å²) in [5, 5.41) is 0. The molecule has 0 atom stereocenters. The van der Waals surface area contributed by atoms with Gasteiger partial charge in [0, 0.05) is 24.3 Å². The maximum absolute atomic E-state index is 13.2. The van der Waals surface area contributed by atoms with Crippen LogP contribution in [-0.2, 0) is 0 Å². The number of benzene rings is 1. The molecule has 2 nitrogen and oxygen atoms in total. The summed E-state index contributed by atoms with van der Waals surface area (Å²) in [6, 6.07) is 4.44. The highest BCUT2D eigenvalue weighted by atomic mass is 19.1. The van der Waals surface area contributed by atoms with Crippen LogP contribution in [0.1, 0.15) is 30.6 Å². The van der Waals surface area contributed by atoms with Crippen molar-refractivity contribution in [3.8, 4) is 0 Å². The predicted molar refractivity (Wildman–Crippen MR) is 67.0 cm³/mol. The van der Waals surface area contributed by atoms with Crippen molar-refractivity contribution in [2.75, 3.05) is 18.0 Å². The first-order valence-electron chi connectivity index (χ1n) is 5.79. The minimum atomic E-state index is -0.358. The third-order valence-corrected chi connectivity index (χ3v) is 3.01. The highest BCUT2D eigenvalue weighted by molar-refractivity contribution is 5.99. The Bertz CT molecular complexity index is 479. The first-order valence-corrected chi connectivity index (χ1v) is 5.79. The van der Waals surface area contributed by atoms with Crippen LogP contribution in [0.3, 0.4) is 0 Å². The minimum Gasteiger partial charge on any atom is -0.367 e. The van der Waals surface area contributed by atoms with Crippen LogP contribution in [0.5, 0.6) is 0 Å². The van der Waals surface area contributed by atoms with E-state index in [1.807, 2.05) is 0 Å². The number of ketones is 1. The van der Waals surface area contributed by atoms with Gasteiger partial charge in [0.1, 0.15) is 5.82 Å². The summed E-state index contributed by atoms with van der Waals surface area (Å²) in [4.78, 5) is 13.7. The summed E-state index contributed by atoms with van der Waals surface area (Å²) < 4.78 is 13.2. The number of nitrogens with zero attached hydrogens (tertiary/aromatic N) is 1. The molecule has 17 heavy (non-hydrogen) atoms. The minimum absolute atomic E-state index is 0.0910. The molecule has 0 aliphatic carbocycles. The third-order valence-electron chi connectivity index (χ3n) is 3.01. The van der Waals surface area contributed by atoms with Crippen molar-refractivity contribution in [2.45, 2.75) is 20.3 Å². The molecule has 0 aromatic heterocycles. The number of hydrogen-bond donors (Lipinski definition) is 0. The van der Waals surface area contributed by atoms with Crippen molar-refractivity contribution in [3.63, 3.8) is 0 Å². The average molecular weight is 233 g/mol. The van der Waals surface area contributed by atoms with Gasteiger partial charge in [-0.2, -0.15) is 0 Å². The Kier molecular flexibility index (Phi) is 3.27. The Morgan fingerprint density at radius 2 is 2.18 bits per heavy atom. The predicted octanol–water partition coefficient (Wildman–Crippen LogP) is 3.18. The lowest BCUT2D eigenvalue weighted by atomic mass is 10.0. The van der Waals surface area contributed by atoms with Crippen LogP contribution in [0.2, 0.25) is 0 Å². The van der Waals surface area contributed by atoms with E-state index in [1.165, 1.54) is 24.6 Å². The van der Waals surface area contributed by atoms with Crippen molar-refractivity contribution in [3.05, 3.63) is 41.2 Å². The Balaban J connectivity index is 2.38. The standard InChI is InChI=1S/C14H16FNO/c1-10-4-3-7-16(9-10)14-6-5-12(15)8-13(14)11(2)17/h4-6,8H,3,7,9H2,1-2H3. The number of carbonyl (C=O) groups excluding carboxylic acids is 1. The van der Waals surface area contributed by atoms with E-state index >= 15 is 0 Å². The molecule has 0 spiro atoms.